The van der Waals surface area contributed by atoms with Crippen LogP contribution in [0.15, 0.2) is 59.1 Å². The van der Waals surface area contributed by atoms with Crippen molar-refractivity contribution in [1.82, 2.24) is 5.32 Å². The number of ether oxygens (including phenoxy) is 1. The van der Waals surface area contributed by atoms with Crippen LogP contribution >= 0.6 is 28.3 Å². The summed E-state index contributed by atoms with van der Waals surface area (Å²) in [5, 5.41) is 2.63. The van der Waals surface area contributed by atoms with Crippen LogP contribution in [-0.4, -0.2) is 41.9 Å². The minimum absolute atomic E-state index is 0. The maximum absolute atomic E-state index is 14.0. The molecule has 0 saturated heterocycles. The fourth-order valence-corrected chi connectivity index (χ4v) is 5.02. The van der Waals surface area contributed by atoms with Gasteiger partial charge in [0.2, 0.25) is 20.0 Å². The van der Waals surface area contributed by atoms with E-state index < -0.39 is 31.7 Å². The van der Waals surface area contributed by atoms with E-state index in [-0.39, 0.29) is 54.8 Å². The van der Waals surface area contributed by atoms with Crippen molar-refractivity contribution in [3.8, 4) is 5.75 Å². The molecule has 0 saturated carbocycles. The Hall–Kier alpha value is -2.98. The minimum atomic E-state index is -3.57. The molecule has 3 rings (SSSR count). The Balaban J connectivity index is 0.000000543. The van der Waals surface area contributed by atoms with Crippen LogP contribution < -0.4 is 25.2 Å². The summed E-state index contributed by atoms with van der Waals surface area (Å²) in [5.41, 5.74) is 7.32. The zero-order valence-corrected chi connectivity index (χ0v) is 28.7. The molecular weight excluding hydrogens is 706 g/mol. The third kappa shape index (κ3) is 13.8. The first-order valence-corrected chi connectivity index (χ1v) is 17.3. The zero-order chi connectivity index (χ0) is 32.6. The first kappa shape index (κ1) is 39.0. The highest BCUT2D eigenvalue weighted by molar-refractivity contribution is 9.10. The van der Waals surface area contributed by atoms with Crippen molar-refractivity contribution in [1.29, 1.82) is 0 Å². The van der Waals surface area contributed by atoms with Crippen molar-refractivity contribution in [2.24, 2.45) is 5.73 Å². The van der Waals surface area contributed by atoms with E-state index >= 15 is 0 Å². The average molecular weight is 742 g/mol. The molecule has 0 aliphatic rings. The number of nitrogens with two attached hydrogens (primary N) is 1. The van der Waals surface area contributed by atoms with Gasteiger partial charge in [-0.2, -0.15) is 0 Å². The van der Waals surface area contributed by atoms with Gasteiger partial charge in [-0.3, -0.25) is 14.2 Å². The van der Waals surface area contributed by atoms with Gasteiger partial charge in [0.1, 0.15) is 17.4 Å². The molecule has 0 aromatic heterocycles. The van der Waals surface area contributed by atoms with Crippen molar-refractivity contribution in [2.75, 3.05) is 28.6 Å². The maximum Gasteiger partial charge on any atom is 0.258 e. The number of nitrogens with one attached hydrogen (secondary N) is 3. The molecule has 244 valence electrons. The lowest BCUT2D eigenvalue weighted by Gasteiger charge is -2.20. The van der Waals surface area contributed by atoms with E-state index in [2.05, 4.69) is 51.5 Å². The van der Waals surface area contributed by atoms with Crippen molar-refractivity contribution in [3.63, 3.8) is 0 Å². The topological polar surface area (TPSA) is 157 Å². The fourth-order valence-electron chi connectivity index (χ4n) is 3.40. The lowest BCUT2D eigenvalue weighted by Crippen LogP contribution is -2.28. The van der Waals surface area contributed by atoms with Crippen LogP contribution in [0.5, 0.6) is 5.75 Å². The standard InChI is InChI=1S/C20H24BrFN2O4S.C8H11FN2O2S.ClH/c1-20(2,3)14-6-8-18(15(21)10-14)28-12-19(25)23-11-13-5-7-17(16(22)9-13)24-29(4,26)27;1-14(12,13)11-8-3-2-6(5-10)4-7(8)9;/h5-10,24H,11-12H2,1-4H3,(H,23,25);2-4,11H,5,10H2,1H3;1H. The molecule has 0 fully saturated rings. The summed E-state index contributed by atoms with van der Waals surface area (Å²) in [5.74, 6) is -1.16. The van der Waals surface area contributed by atoms with Crippen molar-refractivity contribution in [2.45, 2.75) is 39.3 Å². The second-order valence-electron chi connectivity index (χ2n) is 10.5. The summed E-state index contributed by atoms with van der Waals surface area (Å²) in [4.78, 5) is 12.0. The van der Waals surface area contributed by atoms with Crippen LogP contribution in [0.25, 0.3) is 0 Å². The maximum atomic E-state index is 14.0. The number of rotatable bonds is 10. The number of hydrogen-bond acceptors (Lipinski definition) is 7. The van der Waals surface area contributed by atoms with Gasteiger partial charge in [-0.05, 0) is 74.4 Å². The van der Waals surface area contributed by atoms with Gasteiger partial charge in [-0.25, -0.2) is 25.6 Å². The fraction of sp³-hybridized carbons (Fsp3) is 0.321. The summed E-state index contributed by atoms with van der Waals surface area (Å²) >= 11 is 3.45. The highest BCUT2D eigenvalue weighted by Gasteiger charge is 2.16. The van der Waals surface area contributed by atoms with Crippen LogP contribution in [0, 0.1) is 11.6 Å². The van der Waals surface area contributed by atoms with E-state index in [1.807, 2.05) is 12.1 Å². The van der Waals surface area contributed by atoms with E-state index in [0.29, 0.717) is 16.9 Å². The van der Waals surface area contributed by atoms with Gasteiger partial charge in [0.25, 0.3) is 5.91 Å². The second-order valence-corrected chi connectivity index (χ2v) is 14.9. The van der Waals surface area contributed by atoms with Crippen LogP contribution in [0.2, 0.25) is 0 Å². The lowest BCUT2D eigenvalue weighted by atomic mass is 9.87. The van der Waals surface area contributed by atoms with Gasteiger partial charge < -0.3 is 15.8 Å². The molecule has 0 heterocycles. The zero-order valence-electron chi connectivity index (χ0n) is 24.7. The molecule has 0 bridgehead atoms. The molecule has 16 heteroatoms. The number of benzene rings is 3. The van der Waals surface area contributed by atoms with Gasteiger partial charge in [-0.1, -0.05) is 39.0 Å². The molecular formula is C28H36BrClF2N4O6S2. The number of carbonyl (C=O) groups is 1. The Morgan fingerprint density at radius 2 is 1.36 bits per heavy atom. The molecule has 10 nitrogen and oxygen atoms in total. The van der Waals surface area contributed by atoms with Crippen LogP contribution in [0.1, 0.15) is 37.5 Å². The first-order chi connectivity index (χ1) is 19.8. The SMILES string of the molecule is CC(C)(C)c1ccc(OCC(=O)NCc2ccc(NS(C)(=O)=O)c(F)c2)c(Br)c1.CS(=O)(=O)Nc1ccc(CN)cc1F.Cl. The Bertz CT molecular complexity index is 1670. The number of amides is 1. The summed E-state index contributed by atoms with van der Waals surface area (Å²) in [6, 6.07) is 13.8. The second kappa shape index (κ2) is 16.4. The summed E-state index contributed by atoms with van der Waals surface area (Å²) in [6.07, 6.45) is 1.90. The van der Waals surface area contributed by atoms with Crippen LogP contribution in [0.4, 0.5) is 20.2 Å². The van der Waals surface area contributed by atoms with Gasteiger partial charge in [0.15, 0.2) is 6.61 Å². The van der Waals surface area contributed by atoms with Crippen molar-refractivity contribution >= 4 is 65.7 Å². The lowest BCUT2D eigenvalue weighted by molar-refractivity contribution is -0.123. The van der Waals surface area contributed by atoms with Crippen molar-refractivity contribution in [3.05, 3.63) is 87.4 Å². The summed E-state index contributed by atoms with van der Waals surface area (Å²) < 4.78 is 81.6. The number of hydrogen-bond donors (Lipinski definition) is 4. The molecule has 0 unspecified atom stereocenters. The van der Waals surface area contributed by atoms with Gasteiger partial charge >= 0.3 is 0 Å². The monoisotopic (exact) mass is 740 g/mol. The Morgan fingerprint density at radius 3 is 1.80 bits per heavy atom. The van der Waals surface area contributed by atoms with E-state index in [1.54, 1.807) is 12.1 Å². The Morgan fingerprint density at radius 1 is 0.864 bits per heavy atom. The van der Waals surface area contributed by atoms with Gasteiger partial charge in [0, 0.05) is 13.1 Å². The van der Waals surface area contributed by atoms with Gasteiger partial charge in [-0.15, -0.1) is 12.4 Å². The van der Waals surface area contributed by atoms with E-state index in [1.165, 1.54) is 24.3 Å². The van der Waals surface area contributed by atoms with Gasteiger partial charge in [0.05, 0.1) is 28.4 Å². The molecule has 0 atom stereocenters. The van der Waals surface area contributed by atoms with Crippen molar-refractivity contribution < 1.29 is 35.1 Å². The Kier molecular flexibility index (Phi) is 14.5. The average Bonchev–Trinajstić information content (AvgIpc) is 2.87. The molecule has 0 radical (unpaired) electrons. The number of carbonyl (C=O) groups excluding carboxylic acids is 1. The smallest absolute Gasteiger partial charge is 0.258 e. The van der Waals surface area contributed by atoms with Crippen LogP contribution in [0.3, 0.4) is 0 Å². The predicted octanol–water partition coefficient (Wildman–Crippen LogP) is 5.03. The normalized spacial score (nSPS) is 11.4. The van der Waals surface area contributed by atoms with Crippen LogP contribution in [-0.2, 0) is 43.3 Å². The number of sulfonamides is 2. The summed E-state index contributed by atoms with van der Waals surface area (Å²) in [6.45, 7) is 6.43. The predicted molar refractivity (Wildman–Crippen MR) is 175 cm³/mol. The molecule has 0 aliphatic heterocycles. The third-order valence-corrected chi connectivity index (χ3v) is 7.34. The molecule has 5 N–H and O–H groups in total. The highest BCUT2D eigenvalue weighted by Crippen LogP contribution is 2.31. The summed E-state index contributed by atoms with van der Waals surface area (Å²) in [7, 11) is -7.01. The number of anilines is 2. The Labute approximate surface area is 271 Å². The van der Waals surface area contributed by atoms with E-state index in [9.17, 15) is 30.4 Å². The van der Waals surface area contributed by atoms with E-state index in [0.717, 1.165) is 28.6 Å². The third-order valence-electron chi connectivity index (χ3n) is 5.54. The molecule has 3 aromatic rings. The quantitative estimate of drug-likeness (QED) is 0.227. The molecule has 0 spiro atoms. The molecule has 3 aromatic carbocycles. The number of halogens is 4. The molecule has 1 amide bonds. The highest BCUT2D eigenvalue weighted by atomic mass is 79.9. The van der Waals surface area contributed by atoms with E-state index in [4.69, 9.17) is 10.5 Å². The molecule has 44 heavy (non-hydrogen) atoms. The largest absolute Gasteiger partial charge is 0.483 e. The molecule has 0 aliphatic carbocycles. The first-order valence-electron chi connectivity index (χ1n) is 12.7. The minimum Gasteiger partial charge on any atom is -0.483 e.